The van der Waals surface area contributed by atoms with Crippen LogP contribution in [0.3, 0.4) is 0 Å². The minimum Gasteiger partial charge on any atom is -0.392 e. The molecule has 1 rings (SSSR count). The topological polar surface area (TPSA) is 33.1 Å². The van der Waals surface area contributed by atoms with Gasteiger partial charge in [0.05, 0.1) is 6.10 Å². The smallest absolute Gasteiger partial charge is 0.0671 e. The van der Waals surface area contributed by atoms with Crippen LogP contribution >= 0.6 is 27.7 Å². The van der Waals surface area contributed by atoms with Gasteiger partial charge in [-0.3, -0.25) is 4.98 Å². The lowest BCUT2D eigenvalue weighted by molar-refractivity contribution is 0.200. The van der Waals surface area contributed by atoms with E-state index in [0.717, 1.165) is 15.8 Å². The second kappa shape index (κ2) is 6.51. The molecule has 4 heteroatoms. The summed E-state index contributed by atoms with van der Waals surface area (Å²) in [5.74, 6) is 0.782. The number of aliphatic hydroxyl groups excluding tert-OH is 1. The molecule has 15 heavy (non-hydrogen) atoms. The number of rotatable bonds is 5. The van der Waals surface area contributed by atoms with Crippen LogP contribution in [0.25, 0.3) is 0 Å². The maximum absolute atomic E-state index is 9.78. The zero-order valence-corrected chi connectivity index (χ0v) is 11.4. The molecule has 1 aromatic rings. The number of halogens is 1. The van der Waals surface area contributed by atoms with Gasteiger partial charge in [0.2, 0.25) is 0 Å². The van der Waals surface area contributed by atoms with E-state index in [1.165, 1.54) is 0 Å². The van der Waals surface area contributed by atoms with Crippen molar-refractivity contribution in [3.05, 3.63) is 28.5 Å². The lowest BCUT2D eigenvalue weighted by Crippen LogP contribution is -2.15. The minimum atomic E-state index is -0.284. The fourth-order valence-electron chi connectivity index (χ4n) is 1.20. The predicted molar refractivity (Wildman–Crippen MR) is 69.2 cm³/mol. The number of hydrogen-bond donors (Lipinski definition) is 1. The van der Waals surface area contributed by atoms with Crippen molar-refractivity contribution in [2.75, 3.05) is 5.75 Å². The Bertz CT molecular complexity index is 306. The quantitative estimate of drug-likeness (QED) is 0.905. The van der Waals surface area contributed by atoms with Gasteiger partial charge in [-0.2, -0.15) is 11.8 Å². The van der Waals surface area contributed by atoms with Crippen LogP contribution in [0.15, 0.2) is 22.9 Å². The third-order valence-electron chi connectivity index (χ3n) is 1.85. The molecule has 1 aromatic heterocycles. The highest BCUT2D eigenvalue weighted by Gasteiger charge is 2.07. The number of aromatic nitrogens is 1. The molecule has 1 N–H and O–H groups in total. The van der Waals surface area contributed by atoms with Gasteiger partial charge in [0.15, 0.2) is 0 Å². The SMILES string of the molecule is CC(C)SCC(O)Cc1cncc(Br)c1. The molecule has 1 unspecified atom stereocenters. The Kier molecular flexibility index (Phi) is 5.64. The first-order valence-electron chi connectivity index (χ1n) is 4.97. The maximum atomic E-state index is 9.78. The molecule has 0 aliphatic rings. The lowest BCUT2D eigenvalue weighted by Gasteiger charge is -2.11. The molecule has 0 radical (unpaired) electrons. The largest absolute Gasteiger partial charge is 0.392 e. The molecule has 2 nitrogen and oxygen atoms in total. The Balaban J connectivity index is 2.40. The van der Waals surface area contributed by atoms with Crippen LogP contribution in [0.2, 0.25) is 0 Å². The Morgan fingerprint density at radius 1 is 1.47 bits per heavy atom. The van der Waals surface area contributed by atoms with E-state index in [9.17, 15) is 5.11 Å². The summed E-state index contributed by atoms with van der Waals surface area (Å²) in [5, 5.41) is 10.3. The number of pyridine rings is 1. The molecule has 0 aliphatic carbocycles. The van der Waals surface area contributed by atoms with Crippen molar-refractivity contribution in [2.24, 2.45) is 0 Å². The molecule has 1 heterocycles. The molecule has 0 aliphatic heterocycles. The normalized spacial score (nSPS) is 13.1. The van der Waals surface area contributed by atoms with Crippen molar-refractivity contribution in [3.63, 3.8) is 0 Å². The summed E-state index contributed by atoms with van der Waals surface area (Å²) in [6, 6.07) is 2.00. The molecule has 1 atom stereocenters. The average Bonchev–Trinajstić information content (AvgIpc) is 2.15. The van der Waals surface area contributed by atoms with Crippen LogP contribution in [0.1, 0.15) is 19.4 Å². The maximum Gasteiger partial charge on any atom is 0.0671 e. The van der Waals surface area contributed by atoms with Crippen molar-refractivity contribution >= 4 is 27.7 Å². The molecule has 0 spiro atoms. The third-order valence-corrected chi connectivity index (χ3v) is 3.53. The van der Waals surface area contributed by atoms with Gasteiger partial charge in [-0.15, -0.1) is 0 Å². The van der Waals surface area contributed by atoms with Gasteiger partial charge in [0.1, 0.15) is 0 Å². The standard InChI is InChI=1S/C11H16BrNOS/c1-8(2)15-7-11(14)4-9-3-10(12)6-13-5-9/h3,5-6,8,11,14H,4,7H2,1-2H3. The van der Waals surface area contributed by atoms with Crippen molar-refractivity contribution in [2.45, 2.75) is 31.6 Å². The van der Waals surface area contributed by atoms with Crippen molar-refractivity contribution in [3.8, 4) is 0 Å². The first-order chi connectivity index (χ1) is 7.08. The van der Waals surface area contributed by atoms with Gasteiger partial charge in [0.25, 0.3) is 0 Å². The lowest BCUT2D eigenvalue weighted by atomic mass is 10.1. The molecule has 0 aromatic carbocycles. The molecule has 0 fully saturated rings. The summed E-state index contributed by atoms with van der Waals surface area (Å²) in [7, 11) is 0. The third kappa shape index (κ3) is 5.54. The molecule has 84 valence electrons. The predicted octanol–water partition coefficient (Wildman–Crippen LogP) is 2.89. The molecular formula is C11H16BrNOS. The highest BCUT2D eigenvalue weighted by Crippen LogP contribution is 2.15. The van der Waals surface area contributed by atoms with E-state index in [-0.39, 0.29) is 6.10 Å². The van der Waals surface area contributed by atoms with Gasteiger partial charge in [-0.25, -0.2) is 0 Å². The Labute approximate surface area is 104 Å². The highest BCUT2D eigenvalue weighted by molar-refractivity contribution is 9.10. The molecule has 0 bridgehead atoms. The Hall–Kier alpha value is -0.0600. The van der Waals surface area contributed by atoms with Gasteiger partial charge >= 0.3 is 0 Å². The summed E-state index contributed by atoms with van der Waals surface area (Å²) in [6.07, 6.45) is 3.94. The van der Waals surface area contributed by atoms with Gasteiger partial charge in [-0.1, -0.05) is 13.8 Å². The minimum absolute atomic E-state index is 0.284. The van der Waals surface area contributed by atoms with E-state index in [2.05, 4.69) is 34.8 Å². The van der Waals surface area contributed by atoms with Gasteiger partial charge in [0, 0.05) is 29.0 Å². The van der Waals surface area contributed by atoms with Crippen LogP contribution in [0, 0.1) is 0 Å². The van der Waals surface area contributed by atoms with Crippen molar-refractivity contribution in [1.29, 1.82) is 0 Å². The van der Waals surface area contributed by atoms with E-state index in [1.54, 1.807) is 24.2 Å². The van der Waals surface area contributed by atoms with E-state index in [4.69, 9.17) is 0 Å². The monoisotopic (exact) mass is 289 g/mol. The van der Waals surface area contributed by atoms with E-state index in [1.807, 2.05) is 6.07 Å². The van der Waals surface area contributed by atoms with Crippen molar-refractivity contribution < 1.29 is 5.11 Å². The van der Waals surface area contributed by atoms with Crippen LogP contribution < -0.4 is 0 Å². The second-order valence-corrected chi connectivity index (χ2v) is 6.28. The zero-order chi connectivity index (χ0) is 11.3. The van der Waals surface area contributed by atoms with Crippen LogP contribution in [-0.2, 0) is 6.42 Å². The van der Waals surface area contributed by atoms with Crippen LogP contribution in [0.4, 0.5) is 0 Å². The fourth-order valence-corrected chi connectivity index (χ4v) is 2.34. The molecule has 0 saturated carbocycles. The second-order valence-electron chi connectivity index (χ2n) is 3.75. The van der Waals surface area contributed by atoms with Crippen molar-refractivity contribution in [1.82, 2.24) is 4.98 Å². The summed E-state index contributed by atoms with van der Waals surface area (Å²) in [4.78, 5) is 4.07. The van der Waals surface area contributed by atoms with E-state index >= 15 is 0 Å². The van der Waals surface area contributed by atoms with Gasteiger partial charge < -0.3 is 5.11 Å². The summed E-state index contributed by atoms with van der Waals surface area (Å²) < 4.78 is 0.962. The first kappa shape index (κ1) is 13.0. The fraction of sp³-hybridized carbons (Fsp3) is 0.545. The zero-order valence-electron chi connectivity index (χ0n) is 8.98. The average molecular weight is 290 g/mol. The summed E-state index contributed by atoms with van der Waals surface area (Å²) in [5.41, 5.74) is 1.07. The number of aliphatic hydroxyl groups is 1. The first-order valence-corrected chi connectivity index (χ1v) is 6.81. The number of hydrogen-bond acceptors (Lipinski definition) is 3. The Morgan fingerprint density at radius 3 is 2.80 bits per heavy atom. The van der Waals surface area contributed by atoms with Gasteiger partial charge in [-0.05, 0) is 32.8 Å². The summed E-state index contributed by atoms with van der Waals surface area (Å²) >= 11 is 5.15. The highest BCUT2D eigenvalue weighted by atomic mass is 79.9. The molecule has 0 saturated heterocycles. The Morgan fingerprint density at radius 2 is 2.20 bits per heavy atom. The number of nitrogens with zero attached hydrogens (tertiary/aromatic N) is 1. The van der Waals surface area contributed by atoms with E-state index in [0.29, 0.717) is 11.7 Å². The summed E-state index contributed by atoms with van der Waals surface area (Å²) in [6.45, 7) is 4.27. The molecule has 0 amide bonds. The van der Waals surface area contributed by atoms with Crippen LogP contribution in [0.5, 0.6) is 0 Å². The molecular weight excluding hydrogens is 274 g/mol. The van der Waals surface area contributed by atoms with Crippen LogP contribution in [-0.4, -0.2) is 27.2 Å². The van der Waals surface area contributed by atoms with E-state index < -0.39 is 0 Å². The number of thioether (sulfide) groups is 1.